The second-order valence-electron chi connectivity index (χ2n) is 9.36. The van der Waals surface area contributed by atoms with Crippen LogP contribution < -0.4 is 5.32 Å². The van der Waals surface area contributed by atoms with E-state index in [1.54, 1.807) is 12.1 Å². The fourth-order valence-corrected chi connectivity index (χ4v) is 7.56. The van der Waals surface area contributed by atoms with Gasteiger partial charge in [-0.05, 0) is 25.0 Å². The first-order valence-corrected chi connectivity index (χ1v) is 10.8. The van der Waals surface area contributed by atoms with E-state index in [0.717, 1.165) is 16.8 Å². The second kappa shape index (κ2) is 5.81. The van der Waals surface area contributed by atoms with Crippen LogP contribution in [-0.4, -0.2) is 60.2 Å². The van der Waals surface area contributed by atoms with E-state index in [0.29, 0.717) is 19.4 Å². The Morgan fingerprint density at radius 1 is 1.42 bits per heavy atom. The molecule has 1 aromatic rings. The van der Waals surface area contributed by atoms with Crippen LogP contribution in [0.4, 0.5) is 5.69 Å². The quantitative estimate of drug-likeness (QED) is 0.559. The number of esters is 2. The van der Waals surface area contributed by atoms with E-state index in [1.165, 1.54) is 14.0 Å². The van der Waals surface area contributed by atoms with Crippen molar-refractivity contribution in [2.75, 3.05) is 25.6 Å². The largest absolute Gasteiger partial charge is 0.508 e. The molecule has 1 aliphatic carbocycles. The van der Waals surface area contributed by atoms with E-state index in [9.17, 15) is 14.7 Å². The molecule has 0 aromatic heterocycles. The molecule has 164 valence electrons. The van der Waals surface area contributed by atoms with Gasteiger partial charge in [-0.3, -0.25) is 14.5 Å². The zero-order chi connectivity index (χ0) is 21.8. The number of fused-ring (bicyclic) bond motifs is 4. The number of phenolic OH excluding ortho intramolecular Hbond substituents is 1. The lowest BCUT2D eigenvalue weighted by Crippen LogP contribution is -2.78. The van der Waals surface area contributed by atoms with Gasteiger partial charge in [0.15, 0.2) is 5.72 Å². The average molecular weight is 426 g/mol. The number of phenols is 1. The Kier molecular flexibility index (Phi) is 3.58. The van der Waals surface area contributed by atoms with E-state index in [2.05, 4.69) is 16.3 Å². The van der Waals surface area contributed by atoms with Crippen LogP contribution in [0.2, 0.25) is 0 Å². The van der Waals surface area contributed by atoms with Gasteiger partial charge in [-0.15, -0.1) is 0 Å². The molecule has 31 heavy (non-hydrogen) atoms. The molecule has 4 aliphatic heterocycles. The van der Waals surface area contributed by atoms with Gasteiger partial charge < -0.3 is 24.6 Å². The molecule has 2 N–H and O–H groups in total. The molecule has 5 aliphatic rings. The molecule has 6 atom stereocenters. The van der Waals surface area contributed by atoms with Gasteiger partial charge in [0.25, 0.3) is 0 Å². The van der Waals surface area contributed by atoms with Crippen LogP contribution >= 0.6 is 0 Å². The van der Waals surface area contributed by atoms with Gasteiger partial charge in [-0.25, -0.2) is 0 Å². The Morgan fingerprint density at radius 3 is 2.94 bits per heavy atom. The molecule has 8 heteroatoms. The van der Waals surface area contributed by atoms with Crippen LogP contribution in [-0.2, 0) is 29.2 Å². The maximum atomic E-state index is 13.8. The number of carbonyl (C=O) groups excluding carboxylic acids is 2. The number of allylic oxidation sites excluding steroid dienone is 1. The minimum absolute atomic E-state index is 0.0598. The molecule has 4 heterocycles. The predicted molar refractivity (Wildman–Crippen MR) is 109 cm³/mol. The number of nitrogens with zero attached hydrogens (tertiary/aromatic N) is 1. The average Bonchev–Trinajstić information content (AvgIpc) is 3.34. The van der Waals surface area contributed by atoms with Crippen molar-refractivity contribution < 1.29 is 28.9 Å². The van der Waals surface area contributed by atoms with Crippen LogP contribution in [0.3, 0.4) is 0 Å². The van der Waals surface area contributed by atoms with Gasteiger partial charge in [0.2, 0.25) is 0 Å². The van der Waals surface area contributed by atoms with Crippen LogP contribution in [0.1, 0.15) is 32.3 Å². The highest BCUT2D eigenvalue weighted by molar-refractivity contribution is 5.86. The number of aromatic hydroxyl groups is 1. The van der Waals surface area contributed by atoms with Gasteiger partial charge in [0, 0.05) is 37.6 Å². The second-order valence-corrected chi connectivity index (χ2v) is 9.36. The molecule has 1 saturated carbocycles. The van der Waals surface area contributed by atoms with E-state index < -0.39 is 22.5 Å². The van der Waals surface area contributed by atoms with Gasteiger partial charge in [-0.1, -0.05) is 17.7 Å². The minimum Gasteiger partial charge on any atom is -0.508 e. The maximum Gasteiger partial charge on any atom is 0.317 e. The first-order chi connectivity index (χ1) is 14.8. The summed E-state index contributed by atoms with van der Waals surface area (Å²) in [5, 5.41) is 13.7. The summed E-state index contributed by atoms with van der Waals surface area (Å²) >= 11 is 0. The summed E-state index contributed by atoms with van der Waals surface area (Å²) in [5.41, 5.74) is 0.0158. The highest BCUT2D eigenvalue weighted by Gasteiger charge is 2.87. The number of anilines is 1. The zero-order valence-electron chi connectivity index (χ0n) is 17.8. The standard InChI is InChI=1S/C23H26N2O6/c1-4-13-10-25-18-8-16(13)21(20(28)29-3,11-30-12(2)26)22-9-19(25)31-23(18,22)24-17-7-14(27)5-6-15(17)22/h4-7,16,18-19,24,27H,8-11H2,1-3H3/b13-4-/t16-,18+,19+,21-,22+,23+/m1/s1. The van der Waals surface area contributed by atoms with E-state index in [1.807, 2.05) is 13.0 Å². The number of nitrogens with one attached hydrogen (secondary N) is 1. The van der Waals surface area contributed by atoms with Crippen molar-refractivity contribution in [3.63, 3.8) is 0 Å². The molecule has 3 saturated heterocycles. The zero-order valence-corrected chi connectivity index (χ0v) is 17.8. The lowest BCUT2D eigenvalue weighted by molar-refractivity contribution is -0.196. The van der Waals surface area contributed by atoms with Gasteiger partial charge in [0.05, 0.1) is 18.6 Å². The minimum atomic E-state index is -1.15. The number of hydrogen-bond donors (Lipinski definition) is 2. The molecular weight excluding hydrogens is 400 g/mol. The first kappa shape index (κ1) is 19.1. The number of ether oxygens (including phenoxy) is 3. The summed E-state index contributed by atoms with van der Waals surface area (Å²) in [4.78, 5) is 28.2. The summed E-state index contributed by atoms with van der Waals surface area (Å²) in [6.07, 6.45) is 3.20. The molecule has 4 bridgehead atoms. The van der Waals surface area contributed by atoms with Crippen LogP contribution in [0.15, 0.2) is 29.8 Å². The molecule has 4 fully saturated rings. The third kappa shape index (κ3) is 1.87. The van der Waals surface area contributed by atoms with Gasteiger partial charge in [-0.2, -0.15) is 0 Å². The molecule has 0 amide bonds. The number of carbonyl (C=O) groups is 2. The molecule has 0 unspecified atom stereocenters. The topological polar surface area (TPSA) is 97.3 Å². The monoisotopic (exact) mass is 426 g/mol. The van der Waals surface area contributed by atoms with Crippen molar-refractivity contribution in [1.82, 2.24) is 4.90 Å². The lowest BCUT2D eigenvalue weighted by atomic mass is 9.42. The normalized spacial score (nSPS) is 42.3. The Morgan fingerprint density at radius 2 is 2.23 bits per heavy atom. The highest BCUT2D eigenvalue weighted by atomic mass is 16.6. The van der Waals surface area contributed by atoms with Gasteiger partial charge in [0.1, 0.15) is 24.0 Å². The van der Waals surface area contributed by atoms with Crippen molar-refractivity contribution in [2.24, 2.45) is 11.3 Å². The van der Waals surface area contributed by atoms with E-state index in [4.69, 9.17) is 14.2 Å². The maximum absolute atomic E-state index is 13.8. The summed E-state index contributed by atoms with van der Waals surface area (Å²) in [5.74, 6) is -0.827. The number of piperidine rings is 2. The molecule has 0 radical (unpaired) electrons. The highest BCUT2D eigenvalue weighted by Crippen LogP contribution is 2.76. The molecule has 8 nitrogen and oxygen atoms in total. The van der Waals surface area contributed by atoms with Crippen LogP contribution in [0.25, 0.3) is 0 Å². The van der Waals surface area contributed by atoms with Crippen LogP contribution in [0, 0.1) is 11.3 Å². The molecule has 1 spiro atoms. The third-order valence-electron chi connectivity index (χ3n) is 8.51. The number of methoxy groups -OCH3 is 1. The first-order valence-electron chi connectivity index (χ1n) is 10.8. The number of benzene rings is 1. The Hall–Kier alpha value is -2.58. The van der Waals surface area contributed by atoms with Gasteiger partial charge >= 0.3 is 11.9 Å². The molecule has 1 aromatic carbocycles. The Bertz CT molecular complexity index is 1050. The lowest BCUT2D eigenvalue weighted by Gasteiger charge is -2.64. The summed E-state index contributed by atoms with van der Waals surface area (Å²) in [7, 11) is 1.39. The van der Waals surface area contributed by atoms with Crippen molar-refractivity contribution in [3.8, 4) is 5.75 Å². The van der Waals surface area contributed by atoms with Crippen molar-refractivity contribution in [1.29, 1.82) is 0 Å². The van der Waals surface area contributed by atoms with E-state index >= 15 is 0 Å². The molecular formula is C23H26N2O6. The Balaban J connectivity index is 1.69. The fourth-order valence-electron chi connectivity index (χ4n) is 7.56. The summed E-state index contributed by atoms with van der Waals surface area (Å²) < 4.78 is 17.8. The predicted octanol–water partition coefficient (Wildman–Crippen LogP) is 1.88. The van der Waals surface area contributed by atoms with Crippen molar-refractivity contribution in [3.05, 3.63) is 35.4 Å². The summed E-state index contributed by atoms with van der Waals surface area (Å²) in [6, 6.07) is 5.27. The number of hydrogen-bond acceptors (Lipinski definition) is 8. The molecule has 6 rings (SSSR count). The Labute approximate surface area is 180 Å². The van der Waals surface area contributed by atoms with E-state index in [-0.39, 0.29) is 36.5 Å². The van der Waals surface area contributed by atoms with Crippen LogP contribution in [0.5, 0.6) is 5.75 Å². The van der Waals surface area contributed by atoms with Crippen molar-refractivity contribution >= 4 is 17.6 Å². The smallest absolute Gasteiger partial charge is 0.317 e. The fraction of sp³-hybridized carbons (Fsp3) is 0.565. The summed E-state index contributed by atoms with van der Waals surface area (Å²) in [6.45, 7) is 3.98. The number of rotatable bonds is 3. The SMILES string of the molecule is C/C=C1/CN2[C@@H]3C[C@@]45c6ccc(O)cc6N[C@]4(O3)[C@@H]2C[C@H]1[C@]5(COC(C)=O)C(=O)OC. The van der Waals surface area contributed by atoms with Crippen molar-refractivity contribution in [2.45, 2.75) is 50.1 Å². The third-order valence-corrected chi connectivity index (χ3v) is 8.51.